The average Bonchev–Trinajstić information content (AvgIpc) is 2.63. The molecule has 0 fully saturated rings. The summed E-state index contributed by atoms with van der Waals surface area (Å²) in [6.07, 6.45) is 4.05. The molecule has 4 nitrogen and oxygen atoms in total. The van der Waals surface area contributed by atoms with E-state index in [9.17, 15) is 19.8 Å². The minimum Gasteiger partial charge on any atom is -0.875 e. The van der Waals surface area contributed by atoms with Gasteiger partial charge in [0, 0.05) is 12.8 Å². The monoisotopic (exact) mass is 234 g/mol. The van der Waals surface area contributed by atoms with Gasteiger partial charge in [0.15, 0.2) is 11.6 Å². The second-order valence-electron chi connectivity index (χ2n) is 3.15. The molecule has 76 valence electrons. The largest absolute Gasteiger partial charge is 2.00 e. The van der Waals surface area contributed by atoms with Crippen LogP contribution >= 0.6 is 0 Å². The molecule has 2 rings (SSSR count). The summed E-state index contributed by atoms with van der Waals surface area (Å²) in [4.78, 5) is 20.4. The van der Waals surface area contributed by atoms with E-state index in [1.54, 1.807) is 0 Å². The third kappa shape index (κ3) is 5.97. The van der Waals surface area contributed by atoms with Gasteiger partial charge < -0.3 is 10.2 Å². The number of carbonyl (C=O) groups is 2. The van der Waals surface area contributed by atoms with E-state index >= 15 is 0 Å². The van der Waals surface area contributed by atoms with Crippen LogP contribution in [0.25, 0.3) is 0 Å². The summed E-state index contributed by atoms with van der Waals surface area (Å²) in [5.74, 6) is -0.0926. The predicted molar refractivity (Wildman–Crippen MR) is 50.4 cm³/mol. The zero-order valence-corrected chi connectivity index (χ0v) is 10.5. The van der Waals surface area contributed by atoms with Crippen molar-refractivity contribution in [1.29, 1.82) is 0 Å². The van der Waals surface area contributed by atoms with Gasteiger partial charge in [0.25, 0.3) is 0 Å². The Labute approximate surface area is 118 Å². The van der Waals surface area contributed by atoms with E-state index < -0.39 is 0 Å². The second-order valence-corrected chi connectivity index (χ2v) is 3.15. The van der Waals surface area contributed by atoms with Gasteiger partial charge in [-0.25, -0.2) is 0 Å². The Morgan fingerprint density at radius 1 is 0.800 bits per heavy atom. The molecule has 15 heavy (non-hydrogen) atoms. The van der Waals surface area contributed by atoms with Crippen LogP contribution in [0.5, 0.6) is 0 Å². The summed E-state index contributed by atoms with van der Waals surface area (Å²) in [5, 5.41) is 20.4. The van der Waals surface area contributed by atoms with Gasteiger partial charge in [-0.1, -0.05) is 0 Å². The van der Waals surface area contributed by atoms with Gasteiger partial charge in [-0.15, -0.1) is 11.5 Å². The van der Waals surface area contributed by atoms with Crippen molar-refractivity contribution < 1.29 is 19.8 Å². The number of hydrogen-bond donors (Lipinski definition) is 0. The maximum absolute atomic E-state index is 10.2. The Morgan fingerprint density at radius 2 is 1.13 bits per heavy atom. The standard InChI is InChI=1S/2C5H6O2.Ca/c2*6-4-1-2-5(7)3-4;/h2*3,6H,1-2H2;/q;;+2/p-2. The van der Waals surface area contributed by atoms with Crippen LogP contribution in [0.1, 0.15) is 25.7 Å². The van der Waals surface area contributed by atoms with Crippen molar-refractivity contribution in [3.8, 4) is 0 Å². The van der Waals surface area contributed by atoms with Crippen molar-refractivity contribution in [1.82, 2.24) is 0 Å². The van der Waals surface area contributed by atoms with Crippen LogP contribution in [0.2, 0.25) is 0 Å². The average molecular weight is 234 g/mol. The molecule has 0 spiro atoms. The molecule has 5 heteroatoms. The van der Waals surface area contributed by atoms with E-state index in [0.29, 0.717) is 25.7 Å². The Balaban J connectivity index is 0.000000245. The van der Waals surface area contributed by atoms with Crippen LogP contribution in [0.4, 0.5) is 0 Å². The number of allylic oxidation sites excluding steroid dienone is 4. The molecule has 0 saturated carbocycles. The molecular formula is C10H10CaO4. The summed E-state index contributed by atoms with van der Waals surface area (Å²) in [7, 11) is 0. The summed E-state index contributed by atoms with van der Waals surface area (Å²) >= 11 is 0. The third-order valence-electron chi connectivity index (χ3n) is 1.88. The molecular weight excluding hydrogens is 224 g/mol. The SMILES string of the molecule is O=C1C=C([O-])CC1.O=C1C=C([O-])CC1.[Ca+2]. The molecule has 0 bridgehead atoms. The van der Waals surface area contributed by atoms with Crippen LogP contribution < -0.4 is 10.2 Å². The Morgan fingerprint density at radius 3 is 1.20 bits per heavy atom. The molecule has 0 amide bonds. The van der Waals surface area contributed by atoms with E-state index in [2.05, 4.69) is 0 Å². The first-order chi connectivity index (χ1) is 6.58. The Hall–Kier alpha value is -0.320. The van der Waals surface area contributed by atoms with Gasteiger partial charge in [0.2, 0.25) is 0 Å². The normalized spacial score (nSPS) is 18.7. The van der Waals surface area contributed by atoms with Gasteiger partial charge in [-0.3, -0.25) is 9.59 Å². The number of ketones is 2. The smallest absolute Gasteiger partial charge is 0.875 e. The van der Waals surface area contributed by atoms with Crippen molar-refractivity contribution in [2.75, 3.05) is 0 Å². The number of carbonyl (C=O) groups excluding carboxylic acids is 2. The van der Waals surface area contributed by atoms with Gasteiger partial charge in [0.1, 0.15) is 0 Å². The molecule has 2 aliphatic carbocycles. The fourth-order valence-electron chi connectivity index (χ4n) is 1.14. The molecule has 0 heterocycles. The quantitative estimate of drug-likeness (QED) is 0.493. The molecule has 2 aliphatic rings. The Bertz CT molecular complexity index is 285. The summed E-state index contributed by atoms with van der Waals surface area (Å²) < 4.78 is 0. The predicted octanol–water partition coefficient (Wildman–Crippen LogP) is -1.19. The van der Waals surface area contributed by atoms with Gasteiger partial charge in [-0.05, 0) is 25.0 Å². The maximum atomic E-state index is 10.2. The maximum Gasteiger partial charge on any atom is 2.00 e. The van der Waals surface area contributed by atoms with E-state index in [1.165, 1.54) is 12.2 Å². The van der Waals surface area contributed by atoms with Crippen molar-refractivity contribution in [3.05, 3.63) is 23.7 Å². The molecule has 0 unspecified atom stereocenters. The fourth-order valence-corrected chi connectivity index (χ4v) is 1.14. The van der Waals surface area contributed by atoms with Gasteiger partial charge >= 0.3 is 37.7 Å². The molecule has 0 atom stereocenters. The first-order valence-corrected chi connectivity index (χ1v) is 4.39. The fraction of sp³-hybridized carbons (Fsp3) is 0.400. The minimum atomic E-state index is -0.0231. The summed E-state index contributed by atoms with van der Waals surface area (Å²) in [6, 6.07) is 0. The number of hydrogen-bond acceptors (Lipinski definition) is 4. The molecule has 0 saturated heterocycles. The van der Waals surface area contributed by atoms with E-state index in [0.717, 1.165) is 0 Å². The summed E-state index contributed by atoms with van der Waals surface area (Å²) in [5.41, 5.74) is 0. The third-order valence-corrected chi connectivity index (χ3v) is 1.88. The van der Waals surface area contributed by atoms with Gasteiger partial charge in [-0.2, -0.15) is 0 Å². The second kappa shape index (κ2) is 7.04. The van der Waals surface area contributed by atoms with Crippen LogP contribution in [0, 0.1) is 0 Å². The van der Waals surface area contributed by atoms with Crippen molar-refractivity contribution >= 4 is 49.3 Å². The topological polar surface area (TPSA) is 80.3 Å². The number of rotatable bonds is 0. The molecule has 0 aromatic heterocycles. The van der Waals surface area contributed by atoms with Crippen LogP contribution in [-0.4, -0.2) is 49.3 Å². The zero-order valence-electron chi connectivity index (χ0n) is 8.32. The Kier molecular flexibility index (Phi) is 6.89. The van der Waals surface area contributed by atoms with Crippen molar-refractivity contribution in [2.45, 2.75) is 25.7 Å². The molecule has 0 aromatic carbocycles. The first-order valence-electron chi connectivity index (χ1n) is 4.39. The molecule has 0 aromatic rings. The molecule has 0 radical (unpaired) electrons. The van der Waals surface area contributed by atoms with Crippen molar-refractivity contribution in [3.63, 3.8) is 0 Å². The molecule has 0 N–H and O–H groups in total. The van der Waals surface area contributed by atoms with Gasteiger partial charge in [0.05, 0.1) is 0 Å². The summed E-state index contributed by atoms with van der Waals surface area (Å²) in [6.45, 7) is 0. The first kappa shape index (κ1) is 14.7. The minimum absolute atomic E-state index is 0. The van der Waals surface area contributed by atoms with E-state index in [1.807, 2.05) is 0 Å². The van der Waals surface area contributed by atoms with Crippen molar-refractivity contribution in [2.24, 2.45) is 0 Å². The van der Waals surface area contributed by atoms with E-state index in [-0.39, 0.29) is 60.8 Å². The molecule has 0 aliphatic heterocycles. The zero-order chi connectivity index (χ0) is 10.6. The van der Waals surface area contributed by atoms with Crippen LogP contribution in [0.3, 0.4) is 0 Å². The van der Waals surface area contributed by atoms with Crippen LogP contribution in [-0.2, 0) is 9.59 Å². The van der Waals surface area contributed by atoms with Crippen LogP contribution in [0.15, 0.2) is 23.7 Å². The van der Waals surface area contributed by atoms with E-state index in [4.69, 9.17) is 0 Å².